The average Bonchev–Trinajstić information content (AvgIpc) is 2.49. The summed E-state index contributed by atoms with van der Waals surface area (Å²) in [7, 11) is 0. The number of hydrogen-bond donors (Lipinski definition) is 0. The molecule has 0 saturated heterocycles. The molecule has 0 aromatic heterocycles. The lowest BCUT2D eigenvalue weighted by atomic mass is 9.85. The Bertz CT molecular complexity index is 178. The fraction of sp³-hybridized carbons (Fsp3) is 0.950. The molecule has 0 spiro atoms. The Morgan fingerprint density at radius 2 is 1.00 bits per heavy atom. The summed E-state index contributed by atoms with van der Waals surface area (Å²) < 4.78 is 0. The third-order valence-electron chi connectivity index (χ3n) is 5.09. The van der Waals surface area contributed by atoms with E-state index in [1.165, 1.54) is 109 Å². The van der Waals surface area contributed by atoms with Gasteiger partial charge in [0.05, 0.1) is 0 Å². The van der Waals surface area contributed by atoms with E-state index in [1.54, 1.807) is 0 Å². The van der Waals surface area contributed by atoms with E-state index < -0.39 is 0 Å². The first-order valence-corrected chi connectivity index (χ1v) is 9.72. The van der Waals surface area contributed by atoms with E-state index >= 15 is 0 Å². The van der Waals surface area contributed by atoms with Crippen molar-refractivity contribution in [1.82, 2.24) is 0 Å². The highest BCUT2D eigenvalue weighted by molar-refractivity contribution is 4.65. The molecule has 1 aliphatic carbocycles. The van der Waals surface area contributed by atoms with Crippen molar-refractivity contribution in [2.45, 2.75) is 116 Å². The molecule has 1 aliphatic rings. The van der Waals surface area contributed by atoms with Crippen molar-refractivity contribution in [3.05, 3.63) is 6.92 Å². The molecule has 1 radical (unpaired) electrons. The van der Waals surface area contributed by atoms with Crippen LogP contribution in [0, 0.1) is 12.8 Å². The van der Waals surface area contributed by atoms with E-state index in [0.717, 1.165) is 12.3 Å². The van der Waals surface area contributed by atoms with Gasteiger partial charge in [-0.3, -0.25) is 0 Å². The summed E-state index contributed by atoms with van der Waals surface area (Å²) in [6.45, 7) is 3.90. The Morgan fingerprint density at radius 1 is 0.550 bits per heavy atom. The zero-order valence-electron chi connectivity index (χ0n) is 14.0. The minimum absolute atomic E-state index is 1.10. The maximum absolute atomic E-state index is 3.90. The Hall–Kier alpha value is 0. The number of unbranched alkanes of at least 4 members (excludes halogenated alkanes) is 11. The molecule has 0 aromatic carbocycles. The van der Waals surface area contributed by atoms with Crippen molar-refractivity contribution in [1.29, 1.82) is 0 Å². The Kier molecular flexibility index (Phi) is 12.6. The molecule has 0 aliphatic heterocycles. The lowest BCUT2D eigenvalue weighted by molar-refractivity contribution is 0.328. The first-order valence-electron chi connectivity index (χ1n) is 9.72. The monoisotopic (exact) mass is 279 g/mol. The van der Waals surface area contributed by atoms with Crippen molar-refractivity contribution in [2.24, 2.45) is 5.92 Å². The first-order chi connectivity index (χ1) is 9.93. The van der Waals surface area contributed by atoms with E-state index in [9.17, 15) is 0 Å². The highest BCUT2D eigenvalue weighted by atomic mass is 14.2. The zero-order chi connectivity index (χ0) is 14.3. The van der Waals surface area contributed by atoms with Crippen LogP contribution in [0.3, 0.4) is 0 Å². The van der Waals surface area contributed by atoms with Crippen LogP contribution in [0.25, 0.3) is 0 Å². The average molecular weight is 280 g/mol. The van der Waals surface area contributed by atoms with Crippen LogP contribution in [-0.2, 0) is 0 Å². The second-order valence-electron chi connectivity index (χ2n) is 7.04. The molecule has 0 N–H and O–H groups in total. The zero-order valence-corrected chi connectivity index (χ0v) is 14.0. The van der Waals surface area contributed by atoms with Gasteiger partial charge in [0.2, 0.25) is 0 Å². The third kappa shape index (κ3) is 10.7. The summed E-state index contributed by atoms with van der Waals surface area (Å²) in [4.78, 5) is 0. The highest BCUT2D eigenvalue weighted by Gasteiger charge is 2.12. The van der Waals surface area contributed by atoms with Crippen molar-refractivity contribution in [3.63, 3.8) is 0 Å². The predicted molar refractivity (Wildman–Crippen MR) is 92.0 cm³/mol. The van der Waals surface area contributed by atoms with Gasteiger partial charge in [0.1, 0.15) is 0 Å². The smallest absolute Gasteiger partial charge is 0.0414 e. The molecule has 0 nitrogen and oxygen atoms in total. The molecule has 0 heteroatoms. The van der Waals surface area contributed by atoms with Gasteiger partial charge in [0.15, 0.2) is 0 Å². The van der Waals surface area contributed by atoms with Crippen LogP contribution < -0.4 is 0 Å². The van der Waals surface area contributed by atoms with Gasteiger partial charge in [-0.25, -0.2) is 0 Å². The molecule has 1 saturated carbocycles. The van der Waals surface area contributed by atoms with Gasteiger partial charge in [-0.1, -0.05) is 122 Å². The summed E-state index contributed by atoms with van der Waals surface area (Å²) in [5.74, 6) is 1.10. The lowest BCUT2D eigenvalue weighted by Crippen LogP contribution is -2.05. The Balaban J connectivity index is 1.70. The topological polar surface area (TPSA) is 0 Å². The summed E-state index contributed by atoms with van der Waals surface area (Å²) in [5, 5.41) is 0. The largest absolute Gasteiger partial charge is 0.0533 e. The number of hydrogen-bond acceptors (Lipinski definition) is 0. The summed E-state index contributed by atoms with van der Waals surface area (Å²) in [6.07, 6.45) is 26.3. The van der Waals surface area contributed by atoms with Gasteiger partial charge < -0.3 is 0 Å². The third-order valence-corrected chi connectivity index (χ3v) is 5.09. The fourth-order valence-electron chi connectivity index (χ4n) is 3.68. The molecule has 20 heavy (non-hydrogen) atoms. The molecule has 119 valence electrons. The van der Waals surface area contributed by atoms with Crippen LogP contribution in [-0.4, -0.2) is 0 Å². The van der Waals surface area contributed by atoms with Crippen LogP contribution in [0.1, 0.15) is 116 Å². The van der Waals surface area contributed by atoms with E-state index in [-0.39, 0.29) is 0 Å². The number of rotatable bonds is 13. The van der Waals surface area contributed by atoms with Gasteiger partial charge in [-0.05, 0) is 5.92 Å². The van der Waals surface area contributed by atoms with Gasteiger partial charge in [-0.2, -0.15) is 0 Å². The van der Waals surface area contributed by atoms with E-state index in [2.05, 4.69) is 6.92 Å². The molecular weight excluding hydrogens is 240 g/mol. The van der Waals surface area contributed by atoms with Crippen LogP contribution in [0.15, 0.2) is 0 Å². The Labute approximate surface area is 129 Å². The summed E-state index contributed by atoms with van der Waals surface area (Å²) in [5.41, 5.74) is 0. The SMILES string of the molecule is [CH2]CCCCCCCCCCCCCC1CCCCC1. The fourth-order valence-corrected chi connectivity index (χ4v) is 3.68. The van der Waals surface area contributed by atoms with Gasteiger partial charge in [0, 0.05) is 0 Å². The molecule has 0 unspecified atom stereocenters. The Morgan fingerprint density at radius 3 is 1.50 bits per heavy atom. The maximum atomic E-state index is 3.90. The summed E-state index contributed by atoms with van der Waals surface area (Å²) in [6, 6.07) is 0. The van der Waals surface area contributed by atoms with Crippen LogP contribution in [0.4, 0.5) is 0 Å². The van der Waals surface area contributed by atoms with Gasteiger partial charge in [-0.15, -0.1) is 0 Å². The molecule has 0 atom stereocenters. The van der Waals surface area contributed by atoms with Crippen LogP contribution in [0.2, 0.25) is 0 Å². The molecule has 0 aromatic rings. The molecule has 0 bridgehead atoms. The van der Waals surface area contributed by atoms with Gasteiger partial charge in [0.25, 0.3) is 0 Å². The summed E-state index contributed by atoms with van der Waals surface area (Å²) >= 11 is 0. The predicted octanol–water partition coefficient (Wildman–Crippen LogP) is 7.47. The minimum atomic E-state index is 1.10. The molecule has 0 amide bonds. The second kappa shape index (κ2) is 14.0. The lowest BCUT2D eigenvalue weighted by Gasteiger charge is -2.21. The van der Waals surface area contributed by atoms with Crippen molar-refractivity contribution in [2.75, 3.05) is 0 Å². The maximum Gasteiger partial charge on any atom is -0.0414 e. The molecule has 1 rings (SSSR count). The second-order valence-corrected chi connectivity index (χ2v) is 7.04. The molecule has 1 fully saturated rings. The van der Waals surface area contributed by atoms with E-state index in [0.29, 0.717) is 0 Å². The molecule has 0 heterocycles. The van der Waals surface area contributed by atoms with Crippen LogP contribution in [0.5, 0.6) is 0 Å². The minimum Gasteiger partial charge on any atom is -0.0533 e. The first kappa shape index (κ1) is 18.1. The van der Waals surface area contributed by atoms with Crippen LogP contribution >= 0.6 is 0 Å². The molecular formula is C20H39. The standard InChI is InChI=1S/C20H39/c1-2-3-4-5-6-7-8-9-10-11-12-14-17-20-18-15-13-16-19-20/h20H,1-19H2. The van der Waals surface area contributed by atoms with Crippen molar-refractivity contribution >= 4 is 0 Å². The van der Waals surface area contributed by atoms with Crippen molar-refractivity contribution in [3.8, 4) is 0 Å². The highest BCUT2D eigenvalue weighted by Crippen LogP contribution is 2.28. The van der Waals surface area contributed by atoms with E-state index in [1.807, 2.05) is 0 Å². The van der Waals surface area contributed by atoms with Crippen molar-refractivity contribution < 1.29 is 0 Å². The van der Waals surface area contributed by atoms with E-state index in [4.69, 9.17) is 0 Å². The normalized spacial score (nSPS) is 16.6. The van der Waals surface area contributed by atoms with Gasteiger partial charge >= 0.3 is 0 Å². The quantitative estimate of drug-likeness (QED) is 0.307.